The maximum absolute atomic E-state index is 12.8. The van der Waals surface area contributed by atoms with Crippen molar-refractivity contribution in [2.45, 2.75) is 12.8 Å². The van der Waals surface area contributed by atoms with E-state index in [-0.39, 0.29) is 12.2 Å². The monoisotopic (exact) mass is 253 g/mol. The molecule has 0 aliphatic heterocycles. The third kappa shape index (κ3) is 2.51. The van der Waals surface area contributed by atoms with Crippen LogP contribution in [-0.2, 0) is 12.8 Å². The molecule has 1 aromatic carbocycles. The first-order valence-electron chi connectivity index (χ1n) is 5.25. The lowest BCUT2D eigenvalue weighted by Crippen LogP contribution is -2.10. The molecule has 18 heavy (non-hydrogen) atoms. The predicted molar refractivity (Wildman–Crippen MR) is 60.6 cm³/mol. The molecule has 2 rings (SSSR count). The smallest absolute Gasteiger partial charge is 0.392 e. The first-order valence-corrected chi connectivity index (χ1v) is 5.25. The van der Waals surface area contributed by atoms with Gasteiger partial charge in [0.2, 0.25) is 0 Å². The Bertz CT molecular complexity index is 538. The lowest BCUT2D eigenvalue weighted by Gasteiger charge is -2.12. The average Bonchev–Trinajstić information content (AvgIpc) is 2.38. The lowest BCUT2D eigenvalue weighted by molar-refractivity contribution is -0.140. The molecule has 0 radical (unpaired) electrons. The molecule has 0 amide bonds. The normalized spacial score (nSPS) is 11.6. The van der Waals surface area contributed by atoms with Gasteiger partial charge in [-0.1, -0.05) is 30.3 Å². The highest BCUT2D eigenvalue weighted by Gasteiger charge is 2.35. The minimum Gasteiger partial charge on any atom is -0.392 e. The fourth-order valence-corrected chi connectivity index (χ4v) is 1.66. The zero-order chi connectivity index (χ0) is 13.2. The Morgan fingerprint density at radius 1 is 1.11 bits per heavy atom. The van der Waals surface area contributed by atoms with Crippen molar-refractivity contribution < 1.29 is 18.3 Å². The van der Waals surface area contributed by atoms with Crippen molar-refractivity contribution in [1.29, 1.82) is 0 Å². The van der Waals surface area contributed by atoms with Crippen molar-refractivity contribution in [3.63, 3.8) is 0 Å². The number of benzene rings is 1. The molecule has 2 nitrogen and oxygen atoms in total. The molecular weight excluding hydrogens is 243 g/mol. The quantitative estimate of drug-likeness (QED) is 0.891. The third-order valence-corrected chi connectivity index (χ3v) is 2.48. The summed E-state index contributed by atoms with van der Waals surface area (Å²) in [5.74, 6) is 0. The highest BCUT2D eigenvalue weighted by Crippen LogP contribution is 2.35. The van der Waals surface area contributed by atoms with Gasteiger partial charge in [0, 0.05) is 11.8 Å². The summed E-state index contributed by atoms with van der Waals surface area (Å²) in [5.41, 5.74) is -0.185. The van der Waals surface area contributed by atoms with Crippen LogP contribution in [-0.4, -0.2) is 10.1 Å². The fraction of sp³-hybridized carbons (Fsp3) is 0.154. The van der Waals surface area contributed by atoms with Crippen molar-refractivity contribution >= 4 is 0 Å². The van der Waals surface area contributed by atoms with Gasteiger partial charge in [0.05, 0.1) is 6.61 Å². The molecule has 0 bridgehead atoms. The second-order valence-corrected chi connectivity index (χ2v) is 3.76. The highest BCUT2D eigenvalue weighted by molar-refractivity contribution is 5.67. The van der Waals surface area contributed by atoms with Gasteiger partial charge in [0.15, 0.2) is 5.69 Å². The third-order valence-electron chi connectivity index (χ3n) is 2.48. The fourth-order valence-electron chi connectivity index (χ4n) is 1.66. The van der Waals surface area contributed by atoms with Crippen LogP contribution in [0.1, 0.15) is 11.3 Å². The summed E-state index contributed by atoms with van der Waals surface area (Å²) in [6, 6.07) is 9.49. The Morgan fingerprint density at radius 2 is 1.78 bits per heavy atom. The van der Waals surface area contributed by atoms with E-state index in [1.807, 2.05) is 0 Å². The van der Waals surface area contributed by atoms with Crippen LogP contribution in [0.3, 0.4) is 0 Å². The Labute approximate surface area is 102 Å². The zero-order valence-electron chi connectivity index (χ0n) is 9.28. The zero-order valence-corrected chi connectivity index (χ0v) is 9.28. The largest absolute Gasteiger partial charge is 0.433 e. The average molecular weight is 253 g/mol. The number of pyridine rings is 1. The number of hydrogen-bond acceptors (Lipinski definition) is 2. The molecular formula is C13H10F3NO. The van der Waals surface area contributed by atoms with Gasteiger partial charge in [-0.05, 0) is 17.2 Å². The maximum Gasteiger partial charge on any atom is 0.433 e. The van der Waals surface area contributed by atoms with Gasteiger partial charge in [0.25, 0.3) is 0 Å². The lowest BCUT2D eigenvalue weighted by atomic mass is 10.0. The molecule has 2 aromatic rings. The van der Waals surface area contributed by atoms with Crippen molar-refractivity contribution in [2.75, 3.05) is 0 Å². The number of hydrogen-bond donors (Lipinski definition) is 1. The van der Waals surface area contributed by atoms with Crippen LogP contribution in [0.2, 0.25) is 0 Å². The van der Waals surface area contributed by atoms with Crippen molar-refractivity contribution in [1.82, 2.24) is 4.98 Å². The maximum atomic E-state index is 12.8. The Balaban J connectivity index is 2.62. The number of nitrogens with zero attached hydrogens (tertiary/aromatic N) is 1. The van der Waals surface area contributed by atoms with Crippen LogP contribution in [0.15, 0.2) is 42.6 Å². The van der Waals surface area contributed by atoms with Gasteiger partial charge < -0.3 is 5.11 Å². The van der Waals surface area contributed by atoms with E-state index in [0.717, 1.165) is 6.20 Å². The Morgan fingerprint density at radius 3 is 2.33 bits per heavy atom. The predicted octanol–water partition coefficient (Wildman–Crippen LogP) is 3.26. The number of alkyl halides is 3. The molecule has 1 N–H and O–H groups in total. The SMILES string of the molecule is OCc1cnc(C(F)(F)F)c(-c2ccccc2)c1. The van der Waals surface area contributed by atoms with Gasteiger partial charge in [-0.2, -0.15) is 13.2 Å². The van der Waals surface area contributed by atoms with Crippen molar-refractivity contribution in [3.8, 4) is 11.1 Å². The molecule has 0 saturated heterocycles. The molecule has 0 fully saturated rings. The van der Waals surface area contributed by atoms with Crippen molar-refractivity contribution in [3.05, 3.63) is 53.9 Å². The van der Waals surface area contributed by atoms with Gasteiger partial charge in [-0.25, -0.2) is 0 Å². The Hall–Kier alpha value is -1.88. The van der Waals surface area contributed by atoms with Gasteiger partial charge in [0.1, 0.15) is 0 Å². The summed E-state index contributed by atoms with van der Waals surface area (Å²) in [7, 11) is 0. The number of aromatic nitrogens is 1. The second kappa shape index (κ2) is 4.78. The van der Waals surface area contributed by atoms with Crippen molar-refractivity contribution in [2.24, 2.45) is 0 Å². The second-order valence-electron chi connectivity index (χ2n) is 3.76. The summed E-state index contributed by atoms with van der Waals surface area (Å²) < 4.78 is 38.5. The van der Waals surface area contributed by atoms with Crippen LogP contribution >= 0.6 is 0 Å². The summed E-state index contributed by atoms with van der Waals surface area (Å²) in [4.78, 5) is 3.41. The van der Waals surface area contributed by atoms with Crippen LogP contribution in [0.25, 0.3) is 11.1 Å². The van der Waals surface area contributed by atoms with E-state index in [2.05, 4.69) is 4.98 Å². The van der Waals surface area contributed by atoms with E-state index in [1.54, 1.807) is 30.3 Å². The molecule has 5 heteroatoms. The molecule has 0 atom stereocenters. The van der Waals surface area contributed by atoms with E-state index in [4.69, 9.17) is 5.11 Å². The first-order chi connectivity index (χ1) is 8.52. The molecule has 0 unspecified atom stereocenters. The molecule has 1 heterocycles. The molecule has 0 aliphatic rings. The number of aliphatic hydroxyl groups is 1. The minimum absolute atomic E-state index is 0.0188. The van der Waals surface area contributed by atoms with Gasteiger partial charge >= 0.3 is 6.18 Å². The summed E-state index contributed by atoms with van der Waals surface area (Å²) in [5, 5.41) is 8.98. The summed E-state index contributed by atoms with van der Waals surface area (Å²) in [6.07, 6.45) is -3.48. The van der Waals surface area contributed by atoms with Crippen LogP contribution in [0, 0.1) is 0 Å². The van der Waals surface area contributed by atoms with E-state index in [9.17, 15) is 13.2 Å². The topological polar surface area (TPSA) is 33.1 Å². The number of aliphatic hydroxyl groups excluding tert-OH is 1. The summed E-state index contributed by atoms with van der Waals surface area (Å²) >= 11 is 0. The van der Waals surface area contributed by atoms with E-state index < -0.39 is 11.9 Å². The van der Waals surface area contributed by atoms with E-state index >= 15 is 0 Å². The van der Waals surface area contributed by atoms with Crippen LogP contribution in [0.5, 0.6) is 0 Å². The van der Waals surface area contributed by atoms with E-state index in [1.165, 1.54) is 6.07 Å². The minimum atomic E-state index is -4.51. The molecule has 0 spiro atoms. The van der Waals surface area contributed by atoms with Gasteiger partial charge in [-0.3, -0.25) is 4.98 Å². The van der Waals surface area contributed by atoms with Crippen LogP contribution in [0.4, 0.5) is 13.2 Å². The molecule has 94 valence electrons. The highest BCUT2D eigenvalue weighted by atomic mass is 19.4. The van der Waals surface area contributed by atoms with E-state index in [0.29, 0.717) is 11.1 Å². The Kier molecular flexibility index (Phi) is 3.34. The van der Waals surface area contributed by atoms with Gasteiger partial charge in [-0.15, -0.1) is 0 Å². The first kappa shape index (κ1) is 12.6. The number of rotatable bonds is 2. The number of halogens is 3. The molecule has 0 aliphatic carbocycles. The van der Waals surface area contributed by atoms with Crippen LogP contribution < -0.4 is 0 Å². The molecule has 0 saturated carbocycles. The standard InChI is InChI=1S/C13H10F3NO/c14-13(15,16)12-11(6-9(8-18)7-17-12)10-4-2-1-3-5-10/h1-7,18H,8H2. The molecule has 1 aromatic heterocycles. The summed E-state index contributed by atoms with van der Waals surface area (Å²) in [6.45, 7) is -0.342.